The van der Waals surface area contributed by atoms with Crippen LogP contribution in [-0.4, -0.2) is 77.3 Å². The zero-order valence-electron chi connectivity index (χ0n) is 13.0. The van der Waals surface area contributed by atoms with Gasteiger partial charge in [0.05, 0.1) is 18.8 Å². The third kappa shape index (κ3) is 5.36. The van der Waals surface area contributed by atoms with Gasteiger partial charge in [-0.2, -0.15) is 0 Å². The highest BCUT2D eigenvalue weighted by molar-refractivity contribution is 4.90. The Morgan fingerprint density at radius 3 is 2.05 bits per heavy atom. The van der Waals surface area contributed by atoms with Gasteiger partial charge in [0, 0.05) is 47.0 Å². The average Bonchev–Trinajstić information content (AvgIpc) is 2.80. The van der Waals surface area contributed by atoms with Crippen LogP contribution in [-0.2, 0) is 14.2 Å². The van der Waals surface area contributed by atoms with Crippen molar-refractivity contribution in [1.29, 1.82) is 0 Å². The number of hydrogen-bond donors (Lipinski definition) is 1. The fraction of sp³-hybridized carbons (Fsp3) is 1.00. The minimum atomic E-state index is 0.162. The van der Waals surface area contributed by atoms with Gasteiger partial charge in [0.15, 0.2) is 0 Å². The van der Waals surface area contributed by atoms with E-state index in [-0.39, 0.29) is 12.2 Å². The first-order valence-corrected chi connectivity index (χ1v) is 7.11. The molecule has 3 atom stereocenters. The lowest BCUT2D eigenvalue weighted by atomic mass is 10.2. The zero-order chi connectivity index (χ0) is 14.3. The summed E-state index contributed by atoms with van der Waals surface area (Å²) in [6, 6.07) is 0.376. The van der Waals surface area contributed by atoms with Crippen LogP contribution in [0.15, 0.2) is 0 Å². The number of hydrogen-bond acceptors (Lipinski definition) is 5. The summed E-state index contributed by atoms with van der Waals surface area (Å²) in [5.41, 5.74) is 0. The van der Waals surface area contributed by atoms with Gasteiger partial charge in [-0.1, -0.05) is 13.8 Å². The standard InChI is InChI=1S/C14H30N2O3/c1-11(2)6-15-7-12(10-17-3)16-8-13(18-4)14(9-16)19-5/h11-15H,6-10H2,1-5H3. The smallest absolute Gasteiger partial charge is 0.0971 e. The van der Waals surface area contributed by atoms with E-state index in [9.17, 15) is 0 Å². The Bertz CT molecular complexity index is 227. The molecule has 1 aliphatic rings. The van der Waals surface area contributed by atoms with Gasteiger partial charge in [-0.15, -0.1) is 0 Å². The third-order valence-corrected chi connectivity index (χ3v) is 3.66. The number of nitrogens with one attached hydrogen (secondary N) is 1. The van der Waals surface area contributed by atoms with Crippen LogP contribution in [0.25, 0.3) is 0 Å². The van der Waals surface area contributed by atoms with E-state index in [1.807, 2.05) is 0 Å². The SMILES string of the molecule is COCC(CNCC(C)C)N1CC(OC)C(OC)C1. The van der Waals surface area contributed by atoms with Crippen molar-refractivity contribution in [3.63, 3.8) is 0 Å². The summed E-state index contributed by atoms with van der Waals surface area (Å²) in [6.07, 6.45) is 0.323. The van der Waals surface area contributed by atoms with Gasteiger partial charge in [-0.25, -0.2) is 0 Å². The molecule has 0 amide bonds. The summed E-state index contributed by atoms with van der Waals surface area (Å²) >= 11 is 0. The van der Waals surface area contributed by atoms with E-state index in [1.165, 1.54) is 0 Å². The van der Waals surface area contributed by atoms with E-state index in [0.29, 0.717) is 12.0 Å². The highest BCUT2D eigenvalue weighted by atomic mass is 16.5. The Morgan fingerprint density at radius 2 is 1.63 bits per heavy atom. The molecule has 1 N–H and O–H groups in total. The Morgan fingerprint density at radius 1 is 1.05 bits per heavy atom. The summed E-state index contributed by atoms with van der Waals surface area (Å²) in [5, 5.41) is 3.51. The van der Waals surface area contributed by atoms with Crippen LogP contribution in [0.1, 0.15) is 13.8 Å². The quantitative estimate of drug-likeness (QED) is 0.667. The van der Waals surface area contributed by atoms with Crippen molar-refractivity contribution >= 4 is 0 Å². The van der Waals surface area contributed by atoms with Crippen LogP contribution in [0.3, 0.4) is 0 Å². The molecule has 0 spiro atoms. The van der Waals surface area contributed by atoms with Crippen molar-refractivity contribution in [2.24, 2.45) is 5.92 Å². The first-order chi connectivity index (χ1) is 9.12. The minimum Gasteiger partial charge on any atom is -0.383 e. The molecule has 0 aliphatic carbocycles. The molecule has 1 rings (SSSR count). The van der Waals surface area contributed by atoms with E-state index < -0.39 is 0 Å². The molecule has 0 radical (unpaired) electrons. The van der Waals surface area contributed by atoms with E-state index >= 15 is 0 Å². The van der Waals surface area contributed by atoms with Crippen LogP contribution >= 0.6 is 0 Å². The fourth-order valence-corrected chi connectivity index (χ4v) is 2.55. The molecule has 5 nitrogen and oxygen atoms in total. The Labute approximate surface area is 117 Å². The molecule has 5 heteroatoms. The van der Waals surface area contributed by atoms with Crippen molar-refractivity contribution in [3.8, 4) is 0 Å². The second kappa shape index (κ2) is 8.87. The number of methoxy groups -OCH3 is 3. The van der Waals surface area contributed by atoms with Crippen molar-refractivity contribution in [1.82, 2.24) is 10.2 Å². The van der Waals surface area contributed by atoms with Crippen molar-refractivity contribution in [3.05, 3.63) is 0 Å². The molecule has 1 heterocycles. The summed E-state index contributed by atoms with van der Waals surface area (Å²) < 4.78 is 16.3. The van der Waals surface area contributed by atoms with Crippen molar-refractivity contribution in [2.75, 3.05) is 54.1 Å². The van der Waals surface area contributed by atoms with Crippen LogP contribution in [0, 0.1) is 5.92 Å². The molecule has 1 fully saturated rings. The van der Waals surface area contributed by atoms with Crippen molar-refractivity contribution in [2.45, 2.75) is 32.1 Å². The monoisotopic (exact) mass is 274 g/mol. The predicted molar refractivity (Wildman–Crippen MR) is 76.5 cm³/mol. The molecule has 19 heavy (non-hydrogen) atoms. The molecular weight excluding hydrogens is 244 g/mol. The summed E-state index contributed by atoms with van der Waals surface area (Å²) in [4.78, 5) is 2.40. The van der Waals surface area contributed by atoms with Gasteiger partial charge in [0.25, 0.3) is 0 Å². The second-order valence-corrected chi connectivity index (χ2v) is 5.66. The Balaban J connectivity index is 2.47. The number of ether oxygens (including phenoxy) is 3. The van der Waals surface area contributed by atoms with Crippen LogP contribution in [0.5, 0.6) is 0 Å². The van der Waals surface area contributed by atoms with Crippen LogP contribution < -0.4 is 5.32 Å². The minimum absolute atomic E-state index is 0.162. The highest BCUT2D eigenvalue weighted by Crippen LogP contribution is 2.18. The number of rotatable bonds is 9. The van der Waals surface area contributed by atoms with E-state index in [2.05, 4.69) is 24.1 Å². The molecule has 1 saturated heterocycles. The first-order valence-electron chi connectivity index (χ1n) is 7.11. The molecular formula is C14H30N2O3. The van der Waals surface area contributed by atoms with E-state index in [1.54, 1.807) is 21.3 Å². The maximum absolute atomic E-state index is 5.49. The zero-order valence-corrected chi connectivity index (χ0v) is 13.0. The molecule has 0 aromatic rings. The topological polar surface area (TPSA) is 43.0 Å². The van der Waals surface area contributed by atoms with Crippen LogP contribution in [0.4, 0.5) is 0 Å². The molecule has 0 aromatic heterocycles. The lowest BCUT2D eigenvalue weighted by molar-refractivity contribution is -0.00461. The van der Waals surface area contributed by atoms with Gasteiger partial charge < -0.3 is 19.5 Å². The normalized spacial score (nSPS) is 26.2. The molecule has 0 aromatic carbocycles. The van der Waals surface area contributed by atoms with E-state index in [0.717, 1.165) is 32.8 Å². The summed E-state index contributed by atoms with van der Waals surface area (Å²) in [5.74, 6) is 0.667. The van der Waals surface area contributed by atoms with Crippen LogP contribution in [0.2, 0.25) is 0 Å². The second-order valence-electron chi connectivity index (χ2n) is 5.66. The molecule has 3 unspecified atom stereocenters. The Hall–Kier alpha value is -0.200. The Kier molecular flexibility index (Phi) is 7.87. The first kappa shape index (κ1) is 16.9. The maximum Gasteiger partial charge on any atom is 0.0971 e. The van der Waals surface area contributed by atoms with Gasteiger partial charge >= 0.3 is 0 Å². The van der Waals surface area contributed by atoms with Gasteiger partial charge in [-0.3, -0.25) is 4.90 Å². The van der Waals surface area contributed by atoms with Gasteiger partial charge in [-0.05, 0) is 12.5 Å². The predicted octanol–water partition coefficient (Wildman–Crippen LogP) is 0.593. The lowest BCUT2D eigenvalue weighted by Gasteiger charge is -2.27. The molecule has 0 bridgehead atoms. The number of likely N-dealkylation sites (tertiary alicyclic amines) is 1. The third-order valence-electron chi connectivity index (χ3n) is 3.66. The van der Waals surface area contributed by atoms with Gasteiger partial charge in [0.2, 0.25) is 0 Å². The maximum atomic E-state index is 5.49. The van der Waals surface area contributed by atoms with Crippen molar-refractivity contribution < 1.29 is 14.2 Å². The summed E-state index contributed by atoms with van der Waals surface area (Å²) in [7, 11) is 5.26. The molecule has 114 valence electrons. The molecule has 0 saturated carbocycles. The average molecular weight is 274 g/mol. The fourth-order valence-electron chi connectivity index (χ4n) is 2.55. The van der Waals surface area contributed by atoms with Gasteiger partial charge in [0.1, 0.15) is 0 Å². The van der Waals surface area contributed by atoms with E-state index in [4.69, 9.17) is 14.2 Å². The summed E-state index contributed by atoms with van der Waals surface area (Å²) in [6.45, 7) is 8.97. The highest BCUT2D eigenvalue weighted by Gasteiger charge is 2.36. The number of nitrogens with zero attached hydrogens (tertiary/aromatic N) is 1. The largest absolute Gasteiger partial charge is 0.383 e. The lowest BCUT2D eigenvalue weighted by Crippen LogP contribution is -2.45. The molecule has 1 aliphatic heterocycles.